The summed E-state index contributed by atoms with van der Waals surface area (Å²) in [4.78, 5) is 0. The van der Waals surface area contributed by atoms with Gasteiger partial charge < -0.3 is 5.32 Å². The van der Waals surface area contributed by atoms with Crippen LogP contribution in [0.5, 0.6) is 0 Å². The molecule has 108 valence electrons. The summed E-state index contributed by atoms with van der Waals surface area (Å²) in [6.45, 7) is 0. The molecule has 0 aliphatic heterocycles. The van der Waals surface area contributed by atoms with Crippen molar-refractivity contribution in [3.63, 3.8) is 0 Å². The minimum absolute atomic E-state index is 0.719. The molecule has 4 rings (SSSR count). The van der Waals surface area contributed by atoms with E-state index in [0.29, 0.717) is 0 Å². The van der Waals surface area contributed by atoms with Gasteiger partial charge in [-0.05, 0) is 30.3 Å². The molecule has 0 atom stereocenters. The van der Waals surface area contributed by atoms with Gasteiger partial charge >= 0.3 is 0 Å². The minimum Gasteiger partial charge on any atom is -0.353 e. The molecule has 0 spiro atoms. The fourth-order valence-corrected chi connectivity index (χ4v) is 4.39. The molecule has 1 N–H and O–H groups in total. The highest BCUT2D eigenvalue weighted by atomic mass is 79.9. The van der Waals surface area contributed by atoms with E-state index in [1.807, 2.05) is 24.3 Å². The average Bonchev–Trinajstić information content (AvgIpc) is 2.88. The molecule has 3 aromatic carbocycles. The lowest BCUT2D eigenvalue weighted by atomic mass is 10.1. The summed E-state index contributed by atoms with van der Waals surface area (Å²) in [6.07, 6.45) is 0. The van der Waals surface area contributed by atoms with Gasteiger partial charge in [-0.3, -0.25) is 0 Å². The van der Waals surface area contributed by atoms with E-state index in [4.69, 9.17) is 11.6 Å². The van der Waals surface area contributed by atoms with Gasteiger partial charge in [0.25, 0.3) is 0 Å². The fraction of sp³-hybridized carbons (Fsp3) is 0. The zero-order chi connectivity index (χ0) is 15.1. The van der Waals surface area contributed by atoms with Gasteiger partial charge in [-0.2, -0.15) is 0 Å². The Morgan fingerprint density at radius 2 is 1.64 bits per heavy atom. The minimum atomic E-state index is 0.719. The van der Waals surface area contributed by atoms with Gasteiger partial charge in [0.2, 0.25) is 0 Å². The van der Waals surface area contributed by atoms with Crippen LogP contribution in [0.15, 0.2) is 65.1 Å². The van der Waals surface area contributed by atoms with Gasteiger partial charge in [0.1, 0.15) is 0 Å². The molecule has 22 heavy (non-hydrogen) atoms. The summed E-state index contributed by atoms with van der Waals surface area (Å²) in [5.74, 6) is 0. The Balaban J connectivity index is 1.95. The zero-order valence-corrected chi connectivity index (χ0v) is 14.6. The average molecular weight is 389 g/mol. The molecule has 0 unspecified atom stereocenters. The van der Waals surface area contributed by atoms with Crippen LogP contribution in [0, 0.1) is 0 Å². The van der Waals surface area contributed by atoms with Gasteiger partial charge in [0, 0.05) is 19.9 Å². The summed E-state index contributed by atoms with van der Waals surface area (Å²) < 4.78 is 3.58. The largest absolute Gasteiger partial charge is 0.353 e. The third-order valence-corrected chi connectivity index (χ3v) is 5.59. The Bertz CT molecular complexity index is 993. The Hall–Kier alpha value is -1.55. The molecule has 0 amide bonds. The highest BCUT2D eigenvalue weighted by molar-refractivity contribution is 9.10. The van der Waals surface area contributed by atoms with E-state index in [2.05, 4.69) is 57.6 Å². The maximum absolute atomic E-state index is 6.27. The molecule has 1 heterocycles. The first-order valence-electron chi connectivity index (χ1n) is 6.85. The Morgan fingerprint density at radius 1 is 0.864 bits per heavy atom. The molecule has 0 radical (unpaired) electrons. The van der Waals surface area contributed by atoms with Crippen molar-refractivity contribution in [3.8, 4) is 0 Å². The maximum Gasteiger partial charge on any atom is 0.0640 e. The molecule has 0 saturated carbocycles. The van der Waals surface area contributed by atoms with Crippen molar-refractivity contribution < 1.29 is 0 Å². The van der Waals surface area contributed by atoms with Crippen molar-refractivity contribution in [1.29, 1.82) is 0 Å². The second-order valence-electron chi connectivity index (χ2n) is 5.03. The molecular weight excluding hydrogens is 378 g/mol. The van der Waals surface area contributed by atoms with Crippen molar-refractivity contribution in [2.24, 2.45) is 0 Å². The maximum atomic E-state index is 6.27. The Kier molecular flexibility index (Phi) is 3.57. The van der Waals surface area contributed by atoms with E-state index in [9.17, 15) is 0 Å². The smallest absolute Gasteiger partial charge is 0.0640 e. The monoisotopic (exact) mass is 387 g/mol. The quantitative estimate of drug-likeness (QED) is 0.382. The summed E-state index contributed by atoms with van der Waals surface area (Å²) in [7, 11) is 0. The standard InChI is InChI=1S/C18H11BrClNS/c19-11-9-13-12-5-1-4-8-17(12)22-18(13)16(10-11)21-15-7-3-2-6-14(15)20/h1-10,21H. The van der Waals surface area contributed by atoms with Crippen LogP contribution in [-0.2, 0) is 0 Å². The van der Waals surface area contributed by atoms with Crippen molar-refractivity contribution in [2.45, 2.75) is 0 Å². The van der Waals surface area contributed by atoms with E-state index in [1.165, 1.54) is 20.2 Å². The normalized spacial score (nSPS) is 11.2. The summed E-state index contributed by atoms with van der Waals surface area (Å²) in [5, 5.41) is 6.72. The number of hydrogen-bond donors (Lipinski definition) is 1. The molecule has 4 aromatic rings. The van der Waals surface area contributed by atoms with Crippen molar-refractivity contribution in [3.05, 3.63) is 70.2 Å². The van der Waals surface area contributed by atoms with Crippen LogP contribution in [0.25, 0.3) is 20.2 Å². The van der Waals surface area contributed by atoms with Crippen LogP contribution in [0.2, 0.25) is 5.02 Å². The second-order valence-corrected chi connectivity index (χ2v) is 7.41. The van der Waals surface area contributed by atoms with E-state index < -0.39 is 0 Å². The molecule has 0 saturated heterocycles. The van der Waals surface area contributed by atoms with E-state index >= 15 is 0 Å². The number of halogens is 2. The highest BCUT2D eigenvalue weighted by Crippen LogP contribution is 2.41. The van der Waals surface area contributed by atoms with E-state index in [0.717, 1.165) is 20.9 Å². The lowest BCUT2D eigenvalue weighted by Gasteiger charge is -2.10. The lowest BCUT2D eigenvalue weighted by molar-refractivity contribution is 1.58. The van der Waals surface area contributed by atoms with Crippen LogP contribution in [0.4, 0.5) is 11.4 Å². The predicted molar refractivity (Wildman–Crippen MR) is 102 cm³/mol. The van der Waals surface area contributed by atoms with Crippen molar-refractivity contribution in [2.75, 3.05) is 5.32 Å². The summed E-state index contributed by atoms with van der Waals surface area (Å²) >= 11 is 11.7. The van der Waals surface area contributed by atoms with Crippen LogP contribution < -0.4 is 5.32 Å². The molecular formula is C18H11BrClNS. The summed E-state index contributed by atoms with van der Waals surface area (Å²) in [6, 6.07) is 20.6. The van der Waals surface area contributed by atoms with Crippen molar-refractivity contribution in [1.82, 2.24) is 0 Å². The third-order valence-electron chi connectivity index (χ3n) is 3.59. The van der Waals surface area contributed by atoms with Crippen LogP contribution in [0.1, 0.15) is 0 Å². The van der Waals surface area contributed by atoms with Gasteiger partial charge in [-0.25, -0.2) is 0 Å². The number of benzene rings is 3. The Labute approximate surface area is 145 Å². The second kappa shape index (κ2) is 5.58. The number of nitrogens with one attached hydrogen (secondary N) is 1. The van der Waals surface area contributed by atoms with E-state index in [1.54, 1.807) is 11.3 Å². The predicted octanol–water partition coefficient (Wildman–Crippen LogP) is 7.21. The molecule has 0 aliphatic carbocycles. The molecule has 1 nitrogen and oxygen atoms in total. The SMILES string of the molecule is Clc1ccccc1Nc1cc(Br)cc2c1sc1ccccc12. The van der Waals surface area contributed by atoms with Crippen LogP contribution in [-0.4, -0.2) is 0 Å². The number of fused-ring (bicyclic) bond motifs is 3. The van der Waals surface area contributed by atoms with Crippen LogP contribution >= 0.6 is 38.9 Å². The summed E-state index contributed by atoms with van der Waals surface area (Å²) in [5.41, 5.74) is 1.99. The Morgan fingerprint density at radius 3 is 2.50 bits per heavy atom. The number of thiophene rings is 1. The topological polar surface area (TPSA) is 12.0 Å². The van der Waals surface area contributed by atoms with E-state index in [-0.39, 0.29) is 0 Å². The first-order valence-corrected chi connectivity index (χ1v) is 8.83. The molecule has 0 aliphatic rings. The lowest BCUT2D eigenvalue weighted by Crippen LogP contribution is -1.91. The number of anilines is 2. The number of rotatable bonds is 2. The van der Waals surface area contributed by atoms with Gasteiger partial charge in [0.05, 0.1) is 21.1 Å². The van der Waals surface area contributed by atoms with Gasteiger partial charge in [-0.1, -0.05) is 57.9 Å². The van der Waals surface area contributed by atoms with Crippen LogP contribution in [0.3, 0.4) is 0 Å². The first-order chi connectivity index (χ1) is 10.7. The molecule has 4 heteroatoms. The molecule has 1 aromatic heterocycles. The highest BCUT2D eigenvalue weighted by Gasteiger charge is 2.11. The first kappa shape index (κ1) is 14.1. The zero-order valence-electron chi connectivity index (χ0n) is 11.4. The number of para-hydroxylation sites is 1. The molecule has 0 fully saturated rings. The van der Waals surface area contributed by atoms with Gasteiger partial charge in [-0.15, -0.1) is 11.3 Å². The fourth-order valence-electron chi connectivity index (χ4n) is 2.59. The van der Waals surface area contributed by atoms with Gasteiger partial charge in [0.15, 0.2) is 0 Å². The number of hydrogen-bond acceptors (Lipinski definition) is 2. The third kappa shape index (κ3) is 2.39. The van der Waals surface area contributed by atoms with Crippen molar-refractivity contribution >= 4 is 70.4 Å². The molecule has 0 bridgehead atoms.